The van der Waals surface area contributed by atoms with E-state index >= 15 is 0 Å². The maximum atomic E-state index is 13.3. The van der Waals surface area contributed by atoms with E-state index in [4.69, 9.17) is 0 Å². The molecule has 1 aromatic carbocycles. The number of hydrogen-bond donors (Lipinski definition) is 1. The highest BCUT2D eigenvalue weighted by Gasteiger charge is 2.28. The molecular weight excluding hydrogens is 335 g/mol. The number of hydrogen-bond acceptors (Lipinski definition) is 2. The highest BCUT2D eigenvalue weighted by Crippen LogP contribution is 2.22. The van der Waals surface area contributed by atoms with Crippen molar-refractivity contribution in [1.29, 1.82) is 0 Å². The fourth-order valence-electron chi connectivity index (χ4n) is 2.63. The summed E-state index contributed by atoms with van der Waals surface area (Å²) in [5.41, 5.74) is 0.522. The van der Waals surface area contributed by atoms with Crippen molar-refractivity contribution in [1.82, 2.24) is 10.2 Å². The molecule has 0 aromatic heterocycles. The highest BCUT2D eigenvalue weighted by molar-refractivity contribution is 9.10. The molecule has 1 amide bonds. The summed E-state index contributed by atoms with van der Waals surface area (Å²) in [6.07, 6.45) is 1.85. The number of halogens is 2. The van der Waals surface area contributed by atoms with Crippen LogP contribution in [0.25, 0.3) is 0 Å². The number of nitrogens with one attached hydrogen (secondary N) is 1. The molecule has 0 unspecified atom stereocenters. The molecule has 1 aromatic rings. The molecule has 0 spiro atoms. The van der Waals surface area contributed by atoms with Gasteiger partial charge in [0, 0.05) is 29.1 Å². The molecule has 1 saturated heterocycles. The summed E-state index contributed by atoms with van der Waals surface area (Å²) in [6, 6.07) is 4.32. The van der Waals surface area contributed by atoms with Gasteiger partial charge in [-0.3, -0.25) is 9.69 Å². The Morgan fingerprint density at radius 3 is 2.52 bits per heavy atom. The Bertz CT molecular complexity index is 519. The largest absolute Gasteiger partial charge is 0.349 e. The summed E-state index contributed by atoms with van der Waals surface area (Å²) in [5.74, 6) is -0.610. The van der Waals surface area contributed by atoms with E-state index < -0.39 is 5.82 Å². The van der Waals surface area contributed by atoms with Gasteiger partial charge in [-0.2, -0.15) is 0 Å². The molecule has 5 heteroatoms. The fourth-order valence-corrected chi connectivity index (χ4v) is 3.06. The molecule has 116 valence electrons. The van der Waals surface area contributed by atoms with Crippen molar-refractivity contribution in [2.75, 3.05) is 13.1 Å². The van der Waals surface area contributed by atoms with Gasteiger partial charge in [0.2, 0.25) is 0 Å². The van der Waals surface area contributed by atoms with Crippen molar-refractivity contribution < 1.29 is 9.18 Å². The first kappa shape index (κ1) is 16.4. The first-order valence-electron chi connectivity index (χ1n) is 7.28. The molecule has 1 aliphatic heterocycles. The Kier molecular flexibility index (Phi) is 5.04. The van der Waals surface area contributed by atoms with Crippen LogP contribution in [-0.4, -0.2) is 35.5 Å². The lowest BCUT2D eigenvalue weighted by molar-refractivity contribution is 0.0811. The van der Waals surface area contributed by atoms with Crippen LogP contribution in [0.5, 0.6) is 0 Å². The third-order valence-electron chi connectivity index (χ3n) is 3.95. The van der Waals surface area contributed by atoms with Gasteiger partial charge in [0.25, 0.3) is 5.91 Å². The van der Waals surface area contributed by atoms with E-state index in [1.54, 1.807) is 6.07 Å². The van der Waals surface area contributed by atoms with Crippen LogP contribution in [0, 0.1) is 5.82 Å². The fraction of sp³-hybridized carbons (Fsp3) is 0.562. The average molecular weight is 357 g/mol. The van der Waals surface area contributed by atoms with Gasteiger partial charge in [0.1, 0.15) is 5.82 Å². The summed E-state index contributed by atoms with van der Waals surface area (Å²) in [7, 11) is 0. The number of rotatable bonds is 2. The van der Waals surface area contributed by atoms with Gasteiger partial charge in [-0.15, -0.1) is 0 Å². The smallest absolute Gasteiger partial charge is 0.252 e. The van der Waals surface area contributed by atoms with Crippen molar-refractivity contribution in [2.24, 2.45) is 0 Å². The standard InChI is InChI=1S/C16H22BrFN2O/c1-16(2,3)20-8-6-12(7-9-20)19-15(21)13-10-11(18)4-5-14(13)17/h4-5,10,12H,6-9H2,1-3H3,(H,19,21). The van der Waals surface area contributed by atoms with Gasteiger partial charge in [0.15, 0.2) is 0 Å². The Balaban J connectivity index is 1.94. The van der Waals surface area contributed by atoms with E-state index in [9.17, 15) is 9.18 Å². The van der Waals surface area contributed by atoms with Crippen LogP contribution < -0.4 is 5.32 Å². The molecule has 3 nitrogen and oxygen atoms in total. The van der Waals surface area contributed by atoms with E-state index in [0.29, 0.717) is 10.0 Å². The first-order valence-corrected chi connectivity index (χ1v) is 8.07. The zero-order valence-electron chi connectivity index (χ0n) is 12.7. The molecule has 0 aliphatic carbocycles. The first-order chi connectivity index (χ1) is 9.77. The molecule has 0 bridgehead atoms. The highest BCUT2D eigenvalue weighted by atomic mass is 79.9. The molecule has 1 fully saturated rings. The lowest BCUT2D eigenvalue weighted by Gasteiger charge is -2.41. The summed E-state index contributed by atoms with van der Waals surface area (Å²) >= 11 is 3.30. The van der Waals surface area contributed by atoms with E-state index in [-0.39, 0.29) is 17.5 Å². The lowest BCUT2D eigenvalue weighted by Crippen LogP contribution is -2.50. The molecule has 1 heterocycles. The number of piperidine rings is 1. The monoisotopic (exact) mass is 356 g/mol. The quantitative estimate of drug-likeness (QED) is 0.878. The lowest BCUT2D eigenvalue weighted by atomic mass is 9.98. The van der Waals surface area contributed by atoms with E-state index in [2.05, 4.69) is 46.9 Å². The molecule has 2 rings (SSSR count). The number of carbonyl (C=O) groups excluding carboxylic acids is 1. The SMILES string of the molecule is CC(C)(C)N1CCC(NC(=O)c2cc(F)ccc2Br)CC1. The maximum Gasteiger partial charge on any atom is 0.252 e. The van der Waals surface area contributed by atoms with Crippen LogP contribution in [0.1, 0.15) is 44.0 Å². The van der Waals surface area contributed by atoms with Gasteiger partial charge < -0.3 is 5.32 Å². The molecule has 0 radical (unpaired) electrons. The third kappa shape index (κ3) is 4.27. The van der Waals surface area contributed by atoms with Crippen LogP contribution in [-0.2, 0) is 0 Å². The number of benzene rings is 1. The molecular formula is C16H22BrFN2O. The van der Waals surface area contributed by atoms with Crippen molar-refractivity contribution in [3.63, 3.8) is 0 Å². The third-order valence-corrected chi connectivity index (χ3v) is 4.64. The van der Waals surface area contributed by atoms with Crippen LogP contribution in [0.2, 0.25) is 0 Å². The summed E-state index contributed by atoms with van der Waals surface area (Å²) in [4.78, 5) is 14.7. The summed E-state index contributed by atoms with van der Waals surface area (Å²) in [5, 5.41) is 3.01. The van der Waals surface area contributed by atoms with Crippen LogP contribution in [0.15, 0.2) is 22.7 Å². The van der Waals surface area contributed by atoms with Gasteiger partial charge in [-0.1, -0.05) is 0 Å². The zero-order valence-corrected chi connectivity index (χ0v) is 14.3. The van der Waals surface area contributed by atoms with Crippen molar-refractivity contribution >= 4 is 21.8 Å². The zero-order chi connectivity index (χ0) is 15.6. The number of amides is 1. The predicted molar refractivity (Wildman–Crippen MR) is 85.9 cm³/mol. The minimum absolute atomic E-state index is 0.159. The van der Waals surface area contributed by atoms with E-state index in [0.717, 1.165) is 25.9 Å². The molecule has 1 N–H and O–H groups in total. The van der Waals surface area contributed by atoms with Gasteiger partial charge in [-0.05, 0) is 67.7 Å². The second-order valence-corrected chi connectivity index (χ2v) is 7.38. The topological polar surface area (TPSA) is 32.3 Å². The van der Waals surface area contributed by atoms with Crippen molar-refractivity contribution in [3.8, 4) is 0 Å². The number of carbonyl (C=O) groups is 1. The van der Waals surface area contributed by atoms with Crippen molar-refractivity contribution in [2.45, 2.75) is 45.2 Å². The number of nitrogens with zero attached hydrogens (tertiary/aromatic N) is 1. The number of likely N-dealkylation sites (tertiary alicyclic amines) is 1. The Labute approximate surface area is 134 Å². The second-order valence-electron chi connectivity index (χ2n) is 6.53. The van der Waals surface area contributed by atoms with Crippen molar-refractivity contribution in [3.05, 3.63) is 34.1 Å². The van der Waals surface area contributed by atoms with E-state index in [1.807, 2.05) is 0 Å². The minimum Gasteiger partial charge on any atom is -0.349 e. The summed E-state index contributed by atoms with van der Waals surface area (Å²) < 4.78 is 13.9. The average Bonchev–Trinajstić information content (AvgIpc) is 2.41. The molecule has 21 heavy (non-hydrogen) atoms. The van der Waals surface area contributed by atoms with E-state index in [1.165, 1.54) is 12.1 Å². The Morgan fingerprint density at radius 2 is 1.95 bits per heavy atom. The predicted octanol–water partition coefficient (Wildman–Crippen LogP) is 3.58. The van der Waals surface area contributed by atoms with Crippen LogP contribution in [0.4, 0.5) is 4.39 Å². The normalized spacial score (nSPS) is 17.8. The van der Waals surface area contributed by atoms with Gasteiger partial charge in [-0.25, -0.2) is 4.39 Å². The minimum atomic E-state index is -0.397. The molecule has 1 aliphatic rings. The second kappa shape index (κ2) is 6.44. The van der Waals surface area contributed by atoms with Crippen LogP contribution in [0.3, 0.4) is 0 Å². The summed E-state index contributed by atoms with van der Waals surface area (Å²) in [6.45, 7) is 8.55. The maximum absolute atomic E-state index is 13.3. The molecule has 0 atom stereocenters. The van der Waals surface area contributed by atoms with Gasteiger partial charge >= 0.3 is 0 Å². The van der Waals surface area contributed by atoms with Gasteiger partial charge in [0.05, 0.1) is 5.56 Å². The Morgan fingerprint density at radius 1 is 1.33 bits per heavy atom. The van der Waals surface area contributed by atoms with Crippen LogP contribution >= 0.6 is 15.9 Å². The molecule has 0 saturated carbocycles. The Hall–Kier alpha value is -0.940.